The smallest absolute Gasteiger partial charge is 0.130 e. The molecular weight excluding hydrogens is 244 g/mol. The summed E-state index contributed by atoms with van der Waals surface area (Å²) in [5.41, 5.74) is 5.06. The van der Waals surface area contributed by atoms with Crippen LogP contribution in [-0.2, 0) is 5.41 Å². The molecule has 108 valence electrons. The number of benzene rings is 1. The Hall–Kier alpha value is -1.57. The molecule has 0 saturated heterocycles. The minimum atomic E-state index is 0.0919. The molecule has 0 aliphatic carbocycles. The number of hydrogen-bond acceptors (Lipinski definition) is 2. The van der Waals surface area contributed by atoms with Crippen LogP contribution >= 0.6 is 0 Å². The lowest BCUT2D eigenvalue weighted by Gasteiger charge is -2.24. The van der Waals surface area contributed by atoms with Gasteiger partial charge in [0, 0.05) is 17.5 Å². The summed E-state index contributed by atoms with van der Waals surface area (Å²) >= 11 is 0. The SMILES string of the molecule is CCCNc1nc2cc(C)cc(C)c2cc1C(C)(C)C. The van der Waals surface area contributed by atoms with Crippen molar-refractivity contribution in [3.8, 4) is 0 Å². The van der Waals surface area contributed by atoms with Crippen molar-refractivity contribution >= 4 is 16.7 Å². The van der Waals surface area contributed by atoms with E-state index in [9.17, 15) is 0 Å². The van der Waals surface area contributed by atoms with E-state index in [0.29, 0.717) is 0 Å². The molecule has 0 aliphatic rings. The first-order chi connectivity index (χ1) is 9.32. The molecule has 1 aromatic heterocycles. The molecule has 0 aliphatic heterocycles. The maximum Gasteiger partial charge on any atom is 0.130 e. The van der Waals surface area contributed by atoms with Crippen LogP contribution in [0.15, 0.2) is 18.2 Å². The van der Waals surface area contributed by atoms with Crippen LogP contribution in [0, 0.1) is 13.8 Å². The third-order valence-corrected chi connectivity index (χ3v) is 3.64. The Bertz CT molecular complexity index is 621. The fourth-order valence-electron chi connectivity index (χ4n) is 2.58. The molecule has 20 heavy (non-hydrogen) atoms. The minimum Gasteiger partial charge on any atom is -0.370 e. The van der Waals surface area contributed by atoms with Gasteiger partial charge < -0.3 is 5.32 Å². The molecule has 0 atom stereocenters. The molecule has 1 N–H and O–H groups in total. The van der Waals surface area contributed by atoms with Crippen LogP contribution in [0.5, 0.6) is 0 Å². The normalized spacial score (nSPS) is 11.9. The summed E-state index contributed by atoms with van der Waals surface area (Å²) in [6.07, 6.45) is 1.11. The highest BCUT2D eigenvalue weighted by Gasteiger charge is 2.20. The number of hydrogen-bond donors (Lipinski definition) is 1. The second-order valence-corrected chi connectivity index (χ2v) is 6.71. The van der Waals surface area contributed by atoms with Gasteiger partial charge in [-0.25, -0.2) is 4.98 Å². The summed E-state index contributed by atoms with van der Waals surface area (Å²) in [5.74, 6) is 1.04. The summed E-state index contributed by atoms with van der Waals surface area (Å²) < 4.78 is 0. The number of aromatic nitrogens is 1. The molecule has 2 rings (SSSR count). The van der Waals surface area contributed by atoms with Crippen LogP contribution in [0.4, 0.5) is 5.82 Å². The third-order valence-electron chi connectivity index (χ3n) is 3.64. The molecule has 0 amide bonds. The maximum absolute atomic E-state index is 4.89. The summed E-state index contributed by atoms with van der Waals surface area (Å²) in [6, 6.07) is 6.72. The summed E-state index contributed by atoms with van der Waals surface area (Å²) in [7, 11) is 0. The van der Waals surface area contributed by atoms with E-state index in [1.807, 2.05) is 0 Å². The van der Waals surface area contributed by atoms with Crippen molar-refractivity contribution in [2.24, 2.45) is 0 Å². The first-order valence-corrected chi connectivity index (χ1v) is 7.49. The van der Waals surface area contributed by atoms with Crippen LogP contribution in [0.3, 0.4) is 0 Å². The van der Waals surface area contributed by atoms with E-state index in [-0.39, 0.29) is 5.41 Å². The van der Waals surface area contributed by atoms with Crippen molar-refractivity contribution in [2.45, 2.75) is 53.4 Å². The van der Waals surface area contributed by atoms with Crippen LogP contribution in [0.1, 0.15) is 50.8 Å². The predicted molar refractivity (Wildman–Crippen MR) is 88.7 cm³/mol. The number of anilines is 1. The molecule has 0 bridgehead atoms. The lowest BCUT2D eigenvalue weighted by molar-refractivity contribution is 0.590. The van der Waals surface area contributed by atoms with Crippen molar-refractivity contribution in [3.63, 3.8) is 0 Å². The van der Waals surface area contributed by atoms with Gasteiger partial charge in [-0.3, -0.25) is 0 Å². The van der Waals surface area contributed by atoms with E-state index in [0.717, 1.165) is 24.3 Å². The molecule has 0 spiro atoms. The van der Waals surface area contributed by atoms with Crippen molar-refractivity contribution in [2.75, 3.05) is 11.9 Å². The molecule has 2 nitrogen and oxygen atoms in total. The quantitative estimate of drug-likeness (QED) is 0.851. The zero-order valence-corrected chi connectivity index (χ0v) is 13.6. The standard InChI is InChI=1S/C18H26N2/c1-7-8-19-17-15(18(4,5)6)11-14-13(3)9-12(2)10-16(14)20-17/h9-11H,7-8H2,1-6H3,(H,19,20). The van der Waals surface area contributed by atoms with Gasteiger partial charge in [0.2, 0.25) is 0 Å². The van der Waals surface area contributed by atoms with E-state index >= 15 is 0 Å². The first kappa shape index (κ1) is 14.8. The topological polar surface area (TPSA) is 24.9 Å². The predicted octanol–water partition coefficient (Wildman–Crippen LogP) is 4.97. The summed E-state index contributed by atoms with van der Waals surface area (Å²) in [6.45, 7) is 14.2. The van der Waals surface area contributed by atoms with Gasteiger partial charge in [-0.15, -0.1) is 0 Å². The number of nitrogens with zero attached hydrogens (tertiary/aromatic N) is 1. The van der Waals surface area contributed by atoms with Crippen LogP contribution in [-0.4, -0.2) is 11.5 Å². The lowest BCUT2D eigenvalue weighted by atomic mass is 9.86. The van der Waals surface area contributed by atoms with Gasteiger partial charge in [-0.2, -0.15) is 0 Å². The molecule has 2 heteroatoms. The minimum absolute atomic E-state index is 0.0919. The maximum atomic E-state index is 4.89. The Kier molecular flexibility index (Phi) is 4.03. The van der Waals surface area contributed by atoms with E-state index in [2.05, 4.69) is 65.1 Å². The Morgan fingerprint density at radius 1 is 1.10 bits per heavy atom. The van der Waals surface area contributed by atoms with Gasteiger partial charge >= 0.3 is 0 Å². The Balaban J connectivity index is 2.68. The monoisotopic (exact) mass is 270 g/mol. The number of rotatable bonds is 3. The summed E-state index contributed by atoms with van der Waals surface area (Å²) in [4.78, 5) is 4.89. The molecule has 1 heterocycles. The molecule has 0 unspecified atom stereocenters. The lowest BCUT2D eigenvalue weighted by Crippen LogP contribution is -2.16. The average molecular weight is 270 g/mol. The van der Waals surface area contributed by atoms with Gasteiger partial charge in [0.25, 0.3) is 0 Å². The van der Waals surface area contributed by atoms with Gasteiger partial charge in [0.1, 0.15) is 5.82 Å². The number of aryl methyl sites for hydroxylation is 2. The third kappa shape index (κ3) is 2.95. The number of nitrogens with one attached hydrogen (secondary N) is 1. The summed E-state index contributed by atoms with van der Waals surface area (Å²) in [5, 5.41) is 4.76. The van der Waals surface area contributed by atoms with E-state index in [1.165, 1.54) is 22.1 Å². The zero-order valence-electron chi connectivity index (χ0n) is 13.6. The van der Waals surface area contributed by atoms with Gasteiger partial charge in [-0.05, 0) is 48.9 Å². The van der Waals surface area contributed by atoms with Gasteiger partial charge in [0.05, 0.1) is 5.52 Å². The fraction of sp³-hybridized carbons (Fsp3) is 0.500. The second kappa shape index (κ2) is 5.43. The average Bonchev–Trinajstić information content (AvgIpc) is 2.33. The van der Waals surface area contributed by atoms with E-state index in [4.69, 9.17) is 4.98 Å². The van der Waals surface area contributed by atoms with Crippen molar-refractivity contribution in [1.29, 1.82) is 0 Å². The molecule has 1 aromatic carbocycles. The zero-order chi connectivity index (χ0) is 14.9. The van der Waals surface area contributed by atoms with E-state index in [1.54, 1.807) is 0 Å². The molecule has 0 fully saturated rings. The van der Waals surface area contributed by atoms with Crippen LogP contribution in [0.2, 0.25) is 0 Å². The molecule has 0 radical (unpaired) electrons. The highest BCUT2D eigenvalue weighted by atomic mass is 15.0. The fourth-order valence-corrected chi connectivity index (χ4v) is 2.58. The Morgan fingerprint density at radius 2 is 1.80 bits per heavy atom. The molecule has 0 saturated carbocycles. The highest BCUT2D eigenvalue weighted by molar-refractivity contribution is 5.86. The Labute approximate surface area is 122 Å². The van der Waals surface area contributed by atoms with Gasteiger partial charge in [-0.1, -0.05) is 33.8 Å². The molecule has 2 aromatic rings. The van der Waals surface area contributed by atoms with Crippen molar-refractivity contribution in [3.05, 3.63) is 34.9 Å². The van der Waals surface area contributed by atoms with Crippen LogP contribution < -0.4 is 5.32 Å². The second-order valence-electron chi connectivity index (χ2n) is 6.71. The number of fused-ring (bicyclic) bond motifs is 1. The largest absolute Gasteiger partial charge is 0.370 e. The van der Waals surface area contributed by atoms with E-state index < -0.39 is 0 Å². The van der Waals surface area contributed by atoms with Crippen molar-refractivity contribution in [1.82, 2.24) is 4.98 Å². The molecular formula is C18H26N2. The van der Waals surface area contributed by atoms with Crippen LogP contribution in [0.25, 0.3) is 10.9 Å². The number of pyridine rings is 1. The Morgan fingerprint density at radius 3 is 2.40 bits per heavy atom. The van der Waals surface area contributed by atoms with Gasteiger partial charge in [0.15, 0.2) is 0 Å². The highest BCUT2D eigenvalue weighted by Crippen LogP contribution is 2.32. The first-order valence-electron chi connectivity index (χ1n) is 7.49. The van der Waals surface area contributed by atoms with Crippen molar-refractivity contribution < 1.29 is 0 Å².